The number of hydrogen-bond acceptors (Lipinski definition) is 6. The van der Waals surface area contributed by atoms with Crippen molar-refractivity contribution in [1.82, 2.24) is 9.87 Å². The van der Waals surface area contributed by atoms with Crippen LogP contribution in [0.1, 0.15) is 10.4 Å². The van der Waals surface area contributed by atoms with E-state index in [9.17, 15) is 13.2 Å². The molecule has 0 fully saturated rings. The summed E-state index contributed by atoms with van der Waals surface area (Å²) in [6.45, 7) is 0. The molecule has 7 nitrogen and oxygen atoms in total. The molecule has 0 aliphatic carbocycles. The van der Waals surface area contributed by atoms with Gasteiger partial charge in [0.2, 0.25) is 0 Å². The molecule has 3 aromatic rings. The molecular weight excluding hydrogens is 374 g/mol. The van der Waals surface area contributed by atoms with Gasteiger partial charge in [0.15, 0.2) is 5.13 Å². The number of thiazole rings is 1. The number of aromatic nitrogens is 1. The normalized spacial score (nSPS) is 11.3. The molecule has 134 valence electrons. The summed E-state index contributed by atoms with van der Waals surface area (Å²) >= 11 is 1.32. The molecule has 2 N–H and O–H groups in total. The van der Waals surface area contributed by atoms with Gasteiger partial charge in [0.25, 0.3) is 15.9 Å². The van der Waals surface area contributed by atoms with Crippen molar-refractivity contribution >= 4 is 32.4 Å². The fraction of sp³-hybridized carbons (Fsp3) is 0.0588. The van der Waals surface area contributed by atoms with Crippen LogP contribution in [0.25, 0.3) is 11.3 Å². The van der Waals surface area contributed by atoms with Crippen molar-refractivity contribution in [1.29, 1.82) is 0 Å². The van der Waals surface area contributed by atoms with Crippen LogP contribution >= 0.6 is 11.3 Å². The molecule has 0 radical (unpaired) electrons. The van der Waals surface area contributed by atoms with Gasteiger partial charge in [-0.05, 0) is 24.3 Å². The van der Waals surface area contributed by atoms with E-state index in [1.807, 2.05) is 40.6 Å². The molecule has 0 aliphatic rings. The minimum Gasteiger partial charge on any atom is -0.298 e. The van der Waals surface area contributed by atoms with E-state index in [0.29, 0.717) is 10.7 Å². The van der Waals surface area contributed by atoms with Gasteiger partial charge < -0.3 is 0 Å². The fourth-order valence-electron chi connectivity index (χ4n) is 2.19. The van der Waals surface area contributed by atoms with Gasteiger partial charge in [0.05, 0.1) is 17.7 Å². The summed E-state index contributed by atoms with van der Waals surface area (Å²) in [5.41, 5.74) is 2.06. The average molecular weight is 389 g/mol. The van der Waals surface area contributed by atoms with Crippen molar-refractivity contribution in [3.05, 3.63) is 65.5 Å². The number of hydrogen-bond donors (Lipinski definition) is 2. The zero-order valence-electron chi connectivity index (χ0n) is 13.7. The van der Waals surface area contributed by atoms with Crippen LogP contribution in [0.2, 0.25) is 0 Å². The Bertz CT molecular complexity index is 1000. The molecule has 0 spiro atoms. The van der Waals surface area contributed by atoms with Crippen molar-refractivity contribution in [3.8, 4) is 11.3 Å². The van der Waals surface area contributed by atoms with Crippen molar-refractivity contribution in [2.24, 2.45) is 0 Å². The maximum atomic E-state index is 12.3. The number of benzene rings is 2. The lowest BCUT2D eigenvalue weighted by Crippen LogP contribution is -2.22. The molecule has 0 aliphatic heterocycles. The van der Waals surface area contributed by atoms with Crippen molar-refractivity contribution in [3.63, 3.8) is 0 Å². The Balaban J connectivity index is 1.72. The molecular formula is C17H15N3O4S2. The SMILES string of the molecule is CONS(=O)(=O)c1ccc(C(=O)Nc2nc(-c3ccccc3)cs2)cc1. The highest BCUT2D eigenvalue weighted by Gasteiger charge is 2.15. The van der Waals surface area contributed by atoms with Crippen molar-refractivity contribution in [2.45, 2.75) is 4.90 Å². The first-order valence-corrected chi connectivity index (χ1v) is 9.83. The monoisotopic (exact) mass is 389 g/mol. The predicted molar refractivity (Wildman–Crippen MR) is 99.3 cm³/mol. The number of nitrogens with one attached hydrogen (secondary N) is 2. The van der Waals surface area contributed by atoms with E-state index in [1.54, 1.807) is 0 Å². The van der Waals surface area contributed by atoms with E-state index in [-0.39, 0.29) is 10.8 Å². The highest BCUT2D eigenvalue weighted by Crippen LogP contribution is 2.25. The predicted octanol–water partition coefficient (Wildman–Crippen LogP) is 2.90. The van der Waals surface area contributed by atoms with E-state index in [1.165, 1.54) is 42.7 Å². The lowest BCUT2D eigenvalue weighted by atomic mass is 10.2. The Kier molecular flexibility index (Phi) is 5.43. The molecule has 3 rings (SSSR count). The maximum Gasteiger partial charge on any atom is 0.262 e. The molecule has 26 heavy (non-hydrogen) atoms. The maximum absolute atomic E-state index is 12.3. The second-order valence-corrected chi connectivity index (χ2v) is 7.68. The van der Waals surface area contributed by atoms with Gasteiger partial charge in [-0.15, -0.1) is 11.3 Å². The standard InChI is InChI=1S/C17H15N3O4S2/c1-24-20-26(22,23)14-9-7-13(8-10-14)16(21)19-17-18-15(11-25-17)12-5-3-2-4-6-12/h2-11,20H,1H3,(H,18,19,21). The quantitative estimate of drug-likeness (QED) is 0.632. The van der Waals surface area contributed by atoms with Crippen molar-refractivity contribution < 1.29 is 18.0 Å². The largest absolute Gasteiger partial charge is 0.298 e. The highest BCUT2D eigenvalue weighted by molar-refractivity contribution is 7.89. The molecule has 2 aromatic carbocycles. The van der Waals surface area contributed by atoms with Gasteiger partial charge >= 0.3 is 0 Å². The summed E-state index contributed by atoms with van der Waals surface area (Å²) < 4.78 is 23.6. The zero-order chi connectivity index (χ0) is 18.6. The molecule has 0 bridgehead atoms. The Morgan fingerprint density at radius 2 is 1.77 bits per heavy atom. The third-order valence-electron chi connectivity index (χ3n) is 3.41. The average Bonchev–Trinajstić information content (AvgIpc) is 3.11. The summed E-state index contributed by atoms with van der Waals surface area (Å²) in [6, 6.07) is 15.1. The lowest BCUT2D eigenvalue weighted by molar-refractivity contribution is 0.102. The van der Waals surface area contributed by atoms with Crippen LogP contribution in [0, 0.1) is 0 Å². The van der Waals surface area contributed by atoms with Crippen LogP contribution < -0.4 is 10.2 Å². The van der Waals surface area contributed by atoms with E-state index in [2.05, 4.69) is 15.1 Å². The van der Waals surface area contributed by atoms with Crippen LogP contribution in [0.5, 0.6) is 0 Å². The third-order valence-corrected chi connectivity index (χ3v) is 5.45. The Hall–Kier alpha value is -2.59. The second kappa shape index (κ2) is 7.75. The van der Waals surface area contributed by atoms with Gasteiger partial charge in [-0.1, -0.05) is 35.2 Å². The van der Waals surface area contributed by atoms with Crippen molar-refractivity contribution in [2.75, 3.05) is 12.4 Å². The van der Waals surface area contributed by atoms with Gasteiger partial charge in [0.1, 0.15) is 0 Å². The fourth-order valence-corrected chi connectivity index (χ4v) is 3.71. The number of carbonyl (C=O) groups excluding carboxylic acids is 1. The first-order chi connectivity index (χ1) is 12.5. The van der Waals surface area contributed by atoms with Gasteiger partial charge in [-0.2, -0.15) is 0 Å². The van der Waals surface area contributed by atoms with Crippen LogP contribution in [0.4, 0.5) is 5.13 Å². The Labute approximate surface area is 154 Å². The Morgan fingerprint density at radius 1 is 1.08 bits per heavy atom. The van der Waals surface area contributed by atoms with E-state index in [0.717, 1.165) is 11.3 Å². The van der Waals surface area contributed by atoms with Gasteiger partial charge in [0, 0.05) is 16.5 Å². The topological polar surface area (TPSA) is 97.4 Å². The minimum absolute atomic E-state index is 0.00323. The van der Waals surface area contributed by atoms with Crippen LogP contribution in [0.3, 0.4) is 0 Å². The number of amides is 1. The number of sulfonamides is 1. The molecule has 0 atom stereocenters. The summed E-state index contributed by atoms with van der Waals surface area (Å²) in [5, 5.41) is 5.03. The summed E-state index contributed by atoms with van der Waals surface area (Å²) in [5.74, 6) is -0.373. The molecule has 1 aromatic heterocycles. The smallest absolute Gasteiger partial charge is 0.262 e. The second-order valence-electron chi connectivity index (χ2n) is 5.17. The van der Waals surface area contributed by atoms with Gasteiger partial charge in [-0.3, -0.25) is 14.9 Å². The van der Waals surface area contributed by atoms with E-state index < -0.39 is 10.0 Å². The number of nitrogens with zero attached hydrogens (tertiary/aromatic N) is 1. The number of anilines is 1. The molecule has 9 heteroatoms. The zero-order valence-corrected chi connectivity index (χ0v) is 15.3. The lowest BCUT2D eigenvalue weighted by Gasteiger charge is -2.05. The number of carbonyl (C=O) groups is 1. The van der Waals surface area contributed by atoms with Crippen LogP contribution in [-0.4, -0.2) is 26.4 Å². The van der Waals surface area contributed by atoms with E-state index in [4.69, 9.17) is 0 Å². The molecule has 0 unspecified atom stereocenters. The first-order valence-electron chi connectivity index (χ1n) is 7.47. The minimum atomic E-state index is -3.75. The van der Waals surface area contributed by atoms with Crippen LogP contribution in [-0.2, 0) is 14.9 Å². The van der Waals surface area contributed by atoms with E-state index >= 15 is 0 Å². The summed E-state index contributed by atoms with van der Waals surface area (Å²) in [6.07, 6.45) is 0. The third kappa shape index (κ3) is 4.14. The summed E-state index contributed by atoms with van der Waals surface area (Å²) in [7, 11) is -2.55. The number of rotatable bonds is 6. The highest BCUT2D eigenvalue weighted by atomic mass is 32.2. The Morgan fingerprint density at radius 3 is 2.42 bits per heavy atom. The first kappa shape index (κ1) is 18.2. The molecule has 0 saturated carbocycles. The molecule has 0 saturated heterocycles. The van der Waals surface area contributed by atoms with Crippen LogP contribution in [0.15, 0.2) is 64.9 Å². The molecule has 1 heterocycles. The molecule has 1 amide bonds. The summed E-state index contributed by atoms with van der Waals surface area (Å²) in [4.78, 5) is 23.0. The van der Waals surface area contributed by atoms with Gasteiger partial charge in [-0.25, -0.2) is 13.4 Å².